The Morgan fingerprint density at radius 1 is 1.06 bits per heavy atom. The average molecular weight is 688 g/mol. The molecule has 2 aromatic heterocycles. The lowest BCUT2D eigenvalue weighted by Gasteiger charge is -2.39. The highest BCUT2D eigenvalue weighted by Gasteiger charge is 2.46. The molecule has 4 heterocycles. The molecule has 3 aliphatic rings. The van der Waals surface area contributed by atoms with Crippen molar-refractivity contribution < 1.29 is 41.4 Å². The number of amides is 2. The summed E-state index contributed by atoms with van der Waals surface area (Å²) in [6.45, 7) is 0.448. The summed E-state index contributed by atoms with van der Waals surface area (Å²) < 4.78 is 70.9. The highest BCUT2D eigenvalue weighted by Crippen LogP contribution is 2.36. The largest absolute Gasteiger partial charge is 0.475 e. The average Bonchev–Trinajstić information content (AvgIpc) is 3.73. The lowest BCUT2D eigenvalue weighted by Crippen LogP contribution is -2.58. The number of alkyl halides is 4. The van der Waals surface area contributed by atoms with Gasteiger partial charge in [-0.1, -0.05) is 0 Å². The predicted octanol–water partition coefficient (Wildman–Crippen LogP) is 5.25. The number of hydrogen-bond donors (Lipinski definition) is 2. The maximum atomic E-state index is 13.7. The Balaban J connectivity index is 1.32. The quantitative estimate of drug-likeness (QED) is 0.234. The van der Waals surface area contributed by atoms with Crippen molar-refractivity contribution in [2.24, 2.45) is 0 Å². The Morgan fingerprint density at radius 2 is 1.84 bits per heavy atom. The fourth-order valence-electron chi connectivity index (χ4n) is 5.89. The molecule has 1 saturated carbocycles. The van der Waals surface area contributed by atoms with Gasteiger partial charge in [0.15, 0.2) is 0 Å². The first-order valence-electron chi connectivity index (χ1n) is 16.2. The number of hydrogen-bond acceptors (Lipinski definition) is 8. The van der Waals surface area contributed by atoms with Crippen LogP contribution in [0.3, 0.4) is 0 Å². The number of likely N-dealkylation sites (tertiary alicyclic amines) is 1. The van der Waals surface area contributed by atoms with Gasteiger partial charge < -0.3 is 34.3 Å². The smallest absolute Gasteiger partial charge is 0.387 e. The molecule has 11 nitrogen and oxygen atoms in total. The molecule has 49 heavy (non-hydrogen) atoms. The van der Waals surface area contributed by atoms with E-state index in [9.17, 15) is 31.9 Å². The van der Waals surface area contributed by atoms with Gasteiger partial charge in [0.05, 0.1) is 30.9 Å². The van der Waals surface area contributed by atoms with E-state index in [0.717, 1.165) is 48.8 Å². The first-order chi connectivity index (χ1) is 23.3. The molecular formula is C34H37F4N5O6. The van der Waals surface area contributed by atoms with Crippen molar-refractivity contribution in [3.63, 3.8) is 0 Å². The van der Waals surface area contributed by atoms with Gasteiger partial charge in [0.25, 0.3) is 23.3 Å². The molecule has 0 unspecified atom stereocenters. The van der Waals surface area contributed by atoms with Crippen molar-refractivity contribution in [1.29, 1.82) is 0 Å². The number of carbonyl (C=O) groups excluding carboxylic acids is 2. The fraction of sp³-hybridized carbons (Fsp3) is 0.471. The molecule has 3 fully saturated rings. The van der Waals surface area contributed by atoms with E-state index >= 15 is 0 Å². The second-order valence-corrected chi connectivity index (χ2v) is 12.8. The van der Waals surface area contributed by atoms with E-state index in [1.807, 2.05) is 0 Å². The van der Waals surface area contributed by atoms with E-state index in [4.69, 9.17) is 9.47 Å². The second-order valence-electron chi connectivity index (χ2n) is 12.8. The molecule has 0 radical (unpaired) electrons. The number of rotatable bonds is 13. The Bertz CT molecular complexity index is 1770. The number of benzene rings is 1. The molecule has 3 aromatic rings. The van der Waals surface area contributed by atoms with E-state index in [1.165, 1.54) is 30.3 Å². The van der Waals surface area contributed by atoms with Gasteiger partial charge in [-0.3, -0.25) is 14.4 Å². The van der Waals surface area contributed by atoms with Crippen LogP contribution in [-0.2, 0) is 11.3 Å². The Hall–Kier alpha value is -4.50. The third kappa shape index (κ3) is 8.39. The van der Waals surface area contributed by atoms with E-state index in [-0.39, 0.29) is 58.0 Å². The van der Waals surface area contributed by atoms with Crippen LogP contribution in [0.25, 0.3) is 11.1 Å². The molecule has 0 bridgehead atoms. The molecule has 2 N–H and O–H groups in total. The molecule has 262 valence electrons. The van der Waals surface area contributed by atoms with Crippen LogP contribution in [0, 0.1) is 0 Å². The summed E-state index contributed by atoms with van der Waals surface area (Å²) in [7, 11) is 0. The number of aromatic nitrogens is 2. The van der Waals surface area contributed by atoms with Gasteiger partial charge in [-0.05, 0) is 86.6 Å². The summed E-state index contributed by atoms with van der Waals surface area (Å²) in [4.78, 5) is 45.8. The summed E-state index contributed by atoms with van der Waals surface area (Å²) in [5.74, 6) is -4.92. The Kier molecular flexibility index (Phi) is 9.93. The molecule has 2 amide bonds. The maximum absolute atomic E-state index is 13.7. The molecule has 1 aliphatic carbocycles. The van der Waals surface area contributed by atoms with Crippen molar-refractivity contribution >= 4 is 17.6 Å². The highest BCUT2D eigenvalue weighted by molar-refractivity contribution is 6.05. The first-order valence-corrected chi connectivity index (χ1v) is 16.2. The molecule has 6 rings (SSSR count). The summed E-state index contributed by atoms with van der Waals surface area (Å²) >= 11 is 0. The van der Waals surface area contributed by atoms with E-state index in [0.29, 0.717) is 13.1 Å². The number of anilines is 1. The molecule has 2 saturated heterocycles. The molecule has 0 spiro atoms. The molecule has 15 heteroatoms. The fourth-order valence-corrected chi connectivity index (χ4v) is 5.89. The maximum Gasteiger partial charge on any atom is 0.387 e. The van der Waals surface area contributed by atoms with Gasteiger partial charge in [-0.25, -0.2) is 8.78 Å². The van der Waals surface area contributed by atoms with Gasteiger partial charge >= 0.3 is 6.61 Å². The highest BCUT2D eigenvalue weighted by atomic mass is 19.3. The minimum Gasteiger partial charge on any atom is -0.475 e. The first kappa shape index (κ1) is 34.4. The summed E-state index contributed by atoms with van der Waals surface area (Å²) in [6, 6.07) is 8.04. The van der Waals surface area contributed by atoms with Gasteiger partial charge in [0, 0.05) is 38.0 Å². The van der Waals surface area contributed by atoms with Crippen LogP contribution in [0.2, 0.25) is 0 Å². The third-order valence-electron chi connectivity index (χ3n) is 8.30. The van der Waals surface area contributed by atoms with Crippen molar-refractivity contribution in [3.8, 4) is 22.8 Å². The van der Waals surface area contributed by atoms with Crippen molar-refractivity contribution in [3.05, 3.63) is 69.6 Å². The van der Waals surface area contributed by atoms with Crippen molar-refractivity contribution in [1.82, 2.24) is 19.8 Å². The van der Waals surface area contributed by atoms with Crippen LogP contribution in [0.1, 0.15) is 71.9 Å². The van der Waals surface area contributed by atoms with Gasteiger partial charge in [0.2, 0.25) is 5.88 Å². The normalized spacial score (nSPS) is 18.4. The minimum absolute atomic E-state index is 0.00370. The van der Waals surface area contributed by atoms with Crippen LogP contribution < -0.4 is 25.7 Å². The SMILES string of the molecule is CC(C)Oc1cc(-c2ccc(OC(F)F)cc2C(=O)N2CC(F)(F)C2)cc(NC(=O)c2cc(CNC[C@@H]3CCCO3)cn(C3CC3)c2=O)n1. The zero-order valence-corrected chi connectivity index (χ0v) is 27.0. The van der Waals surface area contributed by atoms with E-state index in [2.05, 4.69) is 20.4 Å². The molecular weight excluding hydrogens is 650 g/mol. The number of carbonyl (C=O) groups is 2. The lowest BCUT2D eigenvalue weighted by molar-refractivity contribution is -0.113. The van der Waals surface area contributed by atoms with E-state index < -0.39 is 43.0 Å². The van der Waals surface area contributed by atoms with Crippen LogP contribution in [0.5, 0.6) is 11.6 Å². The Labute approximate surface area is 279 Å². The monoisotopic (exact) mass is 687 g/mol. The number of nitrogens with one attached hydrogen (secondary N) is 2. The van der Waals surface area contributed by atoms with Crippen LogP contribution in [-0.4, -0.2) is 77.2 Å². The number of nitrogens with zero attached hydrogens (tertiary/aromatic N) is 3. The van der Waals surface area contributed by atoms with E-state index in [1.54, 1.807) is 24.6 Å². The lowest BCUT2D eigenvalue weighted by atomic mass is 9.97. The molecule has 1 atom stereocenters. The summed E-state index contributed by atoms with van der Waals surface area (Å²) in [5, 5.41) is 6.02. The van der Waals surface area contributed by atoms with Crippen LogP contribution in [0.15, 0.2) is 47.4 Å². The Morgan fingerprint density at radius 3 is 2.49 bits per heavy atom. The predicted molar refractivity (Wildman–Crippen MR) is 171 cm³/mol. The minimum atomic E-state index is -3.18. The zero-order chi connectivity index (χ0) is 34.9. The van der Waals surface area contributed by atoms with Gasteiger partial charge in [-0.15, -0.1) is 0 Å². The zero-order valence-electron chi connectivity index (χ0n) is 27.0. The topological polar surface area (TPSA) is 124 Å². The third-order valence-corrected chi connectivity index (χ3v) is 8.30. The van der Waals surface area contributed by atoms with Gasteiger partial charge in [0.1, 0.15) is 17.1 Å². The standard InChI is InChI=1S/C34H37F4N5O6/c1-19(2)48-29-12-21(25-8-7-23(49-33(35)36)13-26(25)31(45)42-17-34(37,38)18-42)11-28(40-29)41-30(44)27-10-20(14-39-15-24-4-3-9-47-24)16-43(32(27)46)22-5-6-22/h7-8,10-13,16,19,22,24,33,39H,3-6,9,14-15,17-18H2,1-2H3,(H,40,41,44)/t24-/m0/s1. The number of pyridine rings is 2. The molecule has 1 aromatic carbocycles. The summed E-state index contributed by atoms with van der Waals surface area (Å²) in [5.41, 5.74) is 0.456. The van der Waals surface area contributed by atoms with Crippen LogP contribution in [0.4, 0.5) is 23.4 Å². The van der Waals surface area contributed by atoms with Crippen molar-refractivity contribution in [2.75, 3.05) is 31.6 Å². The second kappa shape index (κ2) is 14.2. The van der Waals surface area contributed by atoms with Gasteiger partial charge in [-0.2, -0.15) is 13.8 Å². The summed E-state index contributed by atoms with van der Waals surface area (Å²) in [6.07, 6.45) is 5.15. The van der Waals surface area contributed by atoms with Crippen molar-refractivity contribution in [2.45, 2.75) is 76.9 Å². The van der Waals surface area contributed by atoms with Crippen LogP contribution >= 0.6 is 0 Å². The number of halogens is 4. The number of ether oxygens (including phenoxy) is 3. The molecule has 2 aliphatic heterocycles.